The molecule has 1 aromatic heterocycles. The summed E-state index contributed by atoms with van der Waals surface area (Å²) in [7, 11) is 1.50. The summed E-state index contributed by atoms with van der Waals surface area (Å²) in [5, 5.41) is 2.99. The Morgan fingerprint density at radius 1 is 1.42 bits per heavy atom. The number of benzene rings is 1. The number of imidazole rings is 1. The zero-order valence-corrected chi connectivity index (χ0v) is 10.2. The van der Waals surface area contributed by atoms with E-state index in [0.29, 0.717) is 18.0 Å². The van der Waals surface area contributed by atoms with E-state index in [-0.39, 0.29) is 5.75 Å². The molecule has 1 aromatic carbocycles. The first-order chi connectivity index (χ1) is 9.19. The average molecular weight is 269 g/mol. The predicted octanol–water partition coefficient (Wildman–Crippen LogP) is 2.63. The fourth-order valence-electron chi connectivity index (χ4n) is 1.54. The lowest BCUT2D eigenvalue weighted by Crippen LogP contribution is -2.07. The van der Waals surface area contributed by atoms with Crippen molar-refractivity contribution in [1.82, 2.24) is 9.97 Å². The normalized spacial score (nSPS) is 10.5. The number of hydrogen-bond acceptors (Lipinski definition) is 4. The number of halogens is 2. The summed E-state index contributed by atoms with van der Waals surface area (Å²) in [5.41, 5.74) is 1.25. The van der Waals surface area contributed by atoms with Gasteiger partial charge in [-0.1, -0.05) is 0 Å². The van der Waals surface area contributed by atoms with E-state index < -0.39 is 6.61 Å². The van der Waals surface area contributed by atoms with Gasteiger partial charge >= 0.3 is 6.61 Å². The van der Waals surface area contributed by atoms with Crippen molar-refractivity contribution in [3.8, 4) is 11.5 Å². The Morgan fingerprint density at radius 2 is 2.26 bits per heavy atom. The van der Waals surface area contributed by atoms with Crippen LogP contribution >= 0.6 is 0 Å². The molecule has 0 saturated heterocycles. The number of nitrogens with zero attached hydrogens (tertiary/aromatic N) is 1. The molecular formula is C12H13F2N3O2. The Labute approximate surface area is 108 Å². The molecule has 0 radical (unpaired) electrons. The highest BCUT2D eigenvalue weighted by Crippen LogP contribution is 2.30. The third kappa shape index (κ3) is 3.57. The van der Waals surface area contributed by atoms with Crippen LogP contribution in [0, 0.1) is 0 Å². The second kappa shape index (κ2) is 6.03. The zero-order chi connectivity index (χ0) is 13.7. The van der Waals surface area contributed by atoms with Crippen LogP contribution < -0.4 is 14.8 Å². The van der Waals surface area contributed by atoms with Crippen molar-refractivity contribution in [2.75, 3.05) is 12.4 Å². The number of hydrogen-bond donors (Lipinski definition) is 2. The van der Waals surface area contributed by atoms with E-state index in [2.05, 4.69) is 20.0 Å². The van der Waals surface area contributed by atoms with Gasteiger partial charge in [0.1, 0.15) is 11.5 Å². The molecule has 5 nitrogen and oxygen atoms in total. The maximum atomic E-state index is 12.3. The molecule has 0 amide bonds. The highest BCUT2D eigenvalue weighted by Gasteiger charge is 2.11. The number of alkyl halides is 2. The Hall–Kier alpha value is -2.31. The Balaban J connectivity index is 2.14. The van der Waals surface area contributed by atoms with E-state index in [4.69, 9.17) is 4.74 Å². The van der Waals surface area contributed by atoms with Crippen LogP contribution in [0.3, 0.4) is 0 Å². The van der Waals surface area contributed by atoms with E-state index in [1.165, 1.54) is 13.2 Å². The van der Waals surface area contributed by atoms with Crippen LogP contribution in [0.4, 0.5) is 14.5 Å². The van der Waals surface area contributed by atoms with Crippen LogP contribution in [0.5, 0.6) is 11.5 Å². The molecule has 1 heterocycles. The van der Waals surface area contributed by atoms with Crippen molar-refractivity contribution < 1.29 is 18.3 Å². The molecular weight excluding hydrogens is 256 g/mol. The van der Waals surface area contributed by atoms with Gasteiger partial charge in [0.25, 0.3) is 0 Å². The highest BCUT2D eigenvalue weighted by atomic mass is 19.3. The topological polar surface area (TPSA) is 59.2 Å². The number of rotatable bonds is 6. The fourth-order valence-corrected chi connectivity index (χ4v) is 1.54. The van der Waals surface area contributed by atoms with Crippen molar-refractivity contribution in [1.29, 1.82) is 0 Å². The van der Waals surface area contributed by atoms with E-state index in [1.54, 1.807) is 24.7 Å². The molecule has 0 fully saturated rings. The zero-order valence-electron chi connectivity index (χ0n) is 10.2. The quantitative estimate of drug-likeness (QED) is 0.846. The van der Waals surface area contributed by atoms with Gasteiger partial charge in [0, 0.05) is 12.3 Å². The lowest BCUT2D eigenvalue weighted by molar-refractivity contribution is -0.0493. The second-order valence-corrected chi connectivity index (χ2v) is 3.67. The summed E-state index contributed by atoms with van der Waals surface area (Å²) in [5.74, 6) is 0.615. The molecule has 7 heteroatoms. The molecule has 0 spiro atoms. The van der Waals surface area contributed by atoms with Crippen molar-refractivity contribution >= 4 is 5.69 Å². The molecule has 0 bridgehead atoms. The van der Waals surface area contributed by atoms with Crippen LogP contribution in [-0.4, -0.2) is 23.7 Å². The number of nitrogens with one attached hydrogen (secondary N) is 2. The summed E-state index contributed by atoms with van der Waals surface area (Å²) < 4.78 is 34.1. The molecule has 2 N–H and O–H groups in total. The number of aromatic nitrogens is 2. The van der Waals surface area contributed by atoms with Gasteiger partial charge in [-0.15, -0.1) is 0 Å². The summed E-state index contributed by atoms with van der Waals surface area (Å²) in [6.45, 7) is -2.46. The number of anilines is 1. The van der Waals surface area contributed by atoms with E-state index in [1.807, 2.05) is 0 Å². The van der Waals surface area contributed by atoms with Gasteiger partial charge < -0.3 is 19.8 Å². The van der Waals surface area contributed by atoms with Crippen LogP contribution in [0.15, 0.2) is 30.7 Å². The predicted molar refractivity (Wildman–Crippen MR) is 65.5 cm³/mol. The van der Waals surface area contributed by atoms with E-state index >= 15 is 0 Å². The highest BCUT2D eigenvalue weighted by molar-refractivity contribution is 5.59. The van der Waals surface area contributed by atoms with Crippen molar-refractivity contribution in [3.05, 3.63) is 36.4 Å². The minimum atomic E-state index is -2.87. The minimum absolute atomic E-state index is 0.0651. The van der Waals surface area contributed by atoms with Crippen LogP contribution in [-0.2, 0) is 6.54 Å². The van der Waals surface area contributed by atoms with Gasteiger partial charge in [-0.25, -0.2) is 4.98 Å². The second-order valence-electron chi connectivity index (χ2n) is 3.67. The minimum Gasteiger partial charge on any atom is -0.497 e. The molecule has 2 aromatic rings. The van der Waals surface area contributed by atoms with Crippen LogP contribution in [0.2, 0.25) is 0 Å². The van der Waals surface area contributed by atoms with Crippen LogP contribution in [0.25, 0.3) is 0 Å². The molecule has 2 rings (SSSR count). The molecule has 0 aliphatic carbocycles. The molecule has 0 unspecified atom stereocenters. The van der Waals surface area contributed by atoms with Crippen molar-refractivity contribution in [2.24, 2.45) is 0 Å². The Kier molecular flexibility index (Phi) is 4.17. The summed E-state index contributed by atoms with van der Waals surface area (Å²) >= 11 is 0. The molecule has 102 valence electrons. The van der Waals surface area contributed by atoms with E-state index in [9.17, 15) is 8.78 Å². The monoisotopic (exact) mass is 269 g/mol. The summed E-state index contributed by atoms with van der Waals surface area (Å²) in [6.07, 6.45) is 3.18. The van der Waals surface area contributed by atoms with Gasteiger partial charge in [0.15, 0.2) is 0 Å². The molecule has 19 heavy (non-hydrogen) atoms. The number of aromatic amines is 1. The molecule has 0 aliphatic heterocycles. The molecule has 0 atom stereocenters. The standard InChI is InChI=1S/C12H13F2N3O2/c1-18-9-2-3-11(19-12(13)14)10(4-9)16-6-8-5-15-7-17-8/h2-5,7,12,16H,6H2,1H3,(H,15,17). The van der Waals surface area contributed by atoms with Gasteiger partial charge in [-0.3, -0.25) is 0 Å². The van der Waals surface area contributed by atoms with Gasteiger partial charge in [0.05, 0.1) is 31.4 Å². The summed E-state index contributed by atoms with van der Waals surface area (Å²) in [4.78, 5) is 6.77. The van der Waals surface area contributed by atoms with Gasteiger partial charge in [0.2, 0.25) is 0 Å². The summed E-state index contributed by atoms with van der Waals surface area (Å²) in [6, 6.07) is 4.58. The third-order valence-electron chi connectivity index (χ3n) is 2.43. The fraction of sp³-hybridized carbons (Fsp3) is 0.250. The Bertz CT molecular complexity index is 518. The largest absolute Gasteiger partial charge is 0.497 e. The first-order valence-corrected chi connectivity index (χ1v) is 5.53. The van der Waals surface area contributed by atoms with E-state index in [0.717, 1.165) is 5.69 Å². The van der Waals surface area contributed by atoms with Crippen molar-refractivity contribution in [2.45, 2.75) is 13.2 Å². The SMILES string of the molecule is COc1ccc(OC(F)F)c(NCc2cnc[nH]2)c1. The number of H-pyrrole nitrogens is 1. The van der Waals surface area contributed by atoms with Gasteiger partial charge in [-0.2, -0.15) is 8.78 Å². The first kappa shape index (κ1) is 13.1. The maximum Gasteiger partial charge on any atom is 0.387 e. The van der Waals surface area contributed by atoms with Crippen molar-refractivity contribution in [3.63, 3.8) is 0 Å². The average Bonchev–Trinajstić information content (AvgIpc) is 2.90. The molecule has 0 aliphatic rings. The lowest BCUT2D eigenvalue weighted by atomic mass is 10.2. The Morgan fingerprint density at radius 3 is 2.89 bits per heavy atom. The number of methoxy groups -OCH3 is 1. The molecule has 0 saturated carbocycles. The number of ether oxygens (including phenoxy) is 2. The maximum absolute atomic E-state index is 12.3. The van der Waals surface area contributed by atoms with Crippen LogP contribution in [0.1, 0.15) is 5.69 Å². The third-order valence-corrected chi connectivity index (χ3v) is 2.43. The first-order valence-electron chi connectivity index (χ1n) is 5.53. The van der Waals surface area contributed by atoms with Gasteiger partial charge in [-0.05, 0) is 12.1 Å². The smallest absolute Gasteiger partial charge is 0.387 e. The lowest BCUT2D eigenvalue weighted by Gasteiger charge is -2.13.